The summed E-state index contributed by atoms with van der Waals surface area (Å²) in [5.74, 6) is -0.828. The second-order valence-corrected chi connectivity index (χ2v) is 9.83. The lowest BCUT2D eigenvalue weighted by molar-refractivity contribution is -0.137. The number of hydrazone groups is 1. The van der Waals surface area contributed by atoms with E-state index in [9.17, 15) is 22.8 Å². The third-order valence-electron chi connectivity index (χ3n) is 4.68. The molecule has 3 rings (SSSR count). The zero-order valence-electron chi connectivity index (χ0n) is 18.8. The predicted octanol–water partition coefficient (Wildman–Crippen LogP) is 5.84. The van der Waals surface area contributed by atoms with Crippen LogP contribution in [0.15, 0.2) is 65.8 Å². The highest BCUT2D eigenvalue weighted by Crippen LogP contribution is 2.31. The summed E-state index contributed by atoms with van der Waals surface area (Å²) in [6.07, 6.45) is -3.76. The molecule has 37 heavy (non-hydrogen) atoms. The Morgan fingerprint density at radius 3 is 2.32 bits per heavy atom. The fourth-order valence-electron chi connectivity index (χ4n) is 2.97. The number of amides is 2. The Morgan fingerprint density at radius 1 is 1.03 bits per heavy atom. The molecular weight excluding hydrogens is 715 g/mol. The van der Waals surface area contributed by atoms with Crippen LogP contribution in [-0.2, 0) is 22.4 Å². The molecule has 0 saturated heterocycles. The molecule has 0 radical (unpaired) electrons. The molecule has 0 aliphatic rings. The zero-order chi connectivity index (χ0) is 27.0. The average Bonchev–Trinajstić information content (AvgIpc) is 2.83. The number of hydrogen-bond donors (Lipinski definition) is 2. The molecule has 0 spiro atoms. The third-order valence-corrected chi connectivity index (χ3v) is 6.29. The van der Waals surface area contributed by atoms with E-state index in [2.05, 4.69) is 67.1 Å². The molecule has 7 nitrogen and oxygen atoms in total. The van der Waals surface area contributed by atoms with Gasteiger partial charge in [-0.1, -0.05) is 18.2 Å². The van der Waals surface area contributed by atoms with Crippen LogP contribution in [0.2, 0.25) is 0 Å². The summed E-state index contributed by atoms with van der Waals surface area (Å²) in [6.45, 7) is 0.323. The molecule has 3 aromatic carbocycles. The van der Waals surface area contributed by atoms with Gasteiger partial charge in [0.15, 0.2) is 0 Å². The number of rotatable bonds is 8. The number of hydrogen-bond acceptors (Lipinski definition) is 5. The maximum absolute atomic E-state index is 12.8. The van der Waals surface area contributed by atoms with Crippen molar-refractivity contribution < 1.29 is 27.5 Å². The highest BCUT2D eigenvalue weighted by Gasteiger charge is 2.30. The van der Waals surface area contributed by atoms with Crippen LogP contribution in [-0.4, -0.2) is 18.0 Å². The molecule has 190 valence electrons. The van der Waals surface area contributed by atoms with E-state index in [-0.39, 0.29) is 5.69 Å². The molecule has 0 aliphatic carbocycles. The first-order valence-electron chi connectivity index (χ1n) is 10.4. The Bertz CT molecular complexity index is 1350. The van der Waals surface area contributed by atoms with Crippen molar-refractivity contribution in [3.63, 3.8) is 0 Å². The molecular formula is C25H17F3I2N4O3. The average molecular weight is 732 g/mol. The Hall–Kier alpha value is -3.19. The molecule has 0 fully saturated rings. The maximum atomic E-state index is 12.8. The molecule has 0 saturated carbocycles. The minimum Gasteiger partial charge on any atom is -0.487 e. The van der Waals surface area contributed by atoms with E-state index in [1.165, 1.54) is 12.3 Å². The van der Waals surface area contributed by atoms with Gasteiger partial charge in [-0.25, -0.2) is 5.43 Å². The fourth-order valence-corrected chi connectivity index (χ4v) is 5.09. The van der Waals surface area contributed by atoms with Crippen molar-refractivity contribution in [3.8, 4) is 11.8 Å². The van der Waals surface area contributed by atoms with Crippen molar-refractivity contribution in [1.29, 1.82) is 5.26 Å². The van der Waals surface area contributed by atoms with Crippen molar-refractivity contribution in [3.05, 3.63) is 90.1 Å². The summed E-state index contributed by atoms with van der Waals surface area (Å²) in [5, 5.41) is 15.0. The van der Waals surface area contributed by atoms with Crippen molar-refractivity contribution in [1.82, 2.24) is 5.43 Å². The summed E-state index contributed by atoms with van der Waals surface area (Å²) in [4.78, 5) is 24.0. The normalized spacial score (nSPS) is 11.1. The molecule has 2 amide bonds. The van der Waals surface area contributed by atoms with Gasteiger partial charge in [-0.3, -0.25) is 9.59 Å². The number of benzene rings is 3. The largest absolute Gasteiger partial charge is 0.487 e. The van der Waals surface area contributed by atoms with E-state index < -0.39 is 30.0 Å². The minimum atomic E-state index is -4.54. The number of carbonyl (C=O) groups is 2. The second-order valence-electron chi connectivity index (χ2n) is 7.51. The van der Waals surface area contributed by atoms with Crippen LogP contribution >= 0.6 is 45.2 Å². The van der Waals surface area contributed by atoms with E-state index >= 15 is 0 Å². The van der Waals surface area contributed by atoms with Gasteiger partial charge < -0.3 is 10.1 Å². The number of anilines is 1. The quantitative estimate of drug-likeness (QED) is 0.132. The topological polar surface area (TPSA) is 104 Å². The van der Waals surface area contributed by atoms with Gasteiger partial charge in [0.1, 0.15) is 18.8 Å². The van der Waals surface area contributed by atoms with Crippen LogP contribution in [0, 0.1) is 18.5 Å². The number of halogens is 5. The van der Waals surface area contributed by atoms with E-state index in [0.29, 0.717) is 23.5 Å². The molecule has 2 N–H and O–H groups in total. The molecule has 0 aliphatic heterocycles. The summed E-state index contributed by atoms with van der Waals surface area (Å²) in [7, 11) is 0. The smallest absolute Gasteiger partial charge is 0.416 e. The van der Waals surface area contributed by atoms with E-state index in [1.54, 1.807) is 24.3 Å². The van der Waals surface area contributed by atoms with Crippen molar-refractivity contribution in [2.45, 2.75) is 19.2 Å². The van der Waals surface area contributed by atoms with Crippen LogP contribution < -0.4 is 15.5 Å². The summed E-state index contributed by atoms with van der Waals surface area (Å²) in [6, 6.07) is 16.9. The lowest BCUT2D eigenvalue weighted by Crippen LogP contribution is -2.24. The van der Waals surface area contributed by atoms with Gasteiger partial charge in [0, 0.05) is 5.69 Å². The number of alkyl halides is 3. The van der Waals surface area contributed by atoms with Crippen LogP contribution in [0.4, 0.5) is 18.9 Å². The van der Waals surface area contributed by atoms with Gasteiger partial charge in [0.05, 0.1) is 30.6 Å². The van der Waals surface area contributed by atoms with Crippen LogP contribution in [0.5, 0.6) is 5.75 Å². The summed E-state index contributed by atoms with van der Waals surface area (Å²) in [5.41, 5.74) is 3.40. The first-order chi connectivity index (χ1) is 17.5. The Labute approximate surface area is 237 Å². The van der Waals surface area contributed by atoms with Gasteiger partial charge in [-0.2, -0.15) is 23.5 Å². The first-order valence-corrected chi connectivity index (χ1v) is 12.6. The number of carbonyl (C=O) groups excluding carboxylic acids is 2. The number of nitrogens with one attached hydrogen (secondary N) is 2. The maximum Gasteiger partial charge on any atom is 0.416 e. The molecule has 0 aromatic heterocycles. The van der Waals surface area contributed by atoms with Crippen molar-refractivity contribution in [2.75, 3.05) is 5.32 Å². The Balaban J connectivity index is 1.52. The molecule has 0 atom stereocenters. The highest BCUT2D eigenvalue weighted by molar-refractivity contribution is 14.1. The lowest BCUT2D eigenvalue weighted by Gasteiger charge is -2.11. The number of nitriles is 1. The summed E-state index contributed by atoms with van der Waals surface area (Å²) < 4.78 is 45.9. The minimum absolute atomic E-state index is 0.0678. The Morgan fingerprint density at radius 2 is 1.70 bits per heavy atom. The molecule has 12 heteroatoms. The molecule has 0 bridgehead atoms. The van der Waals surface area contributed by atoms with E-state index in [4.69, 9.17) is 10.00 Å². The zero-order valence-corrected chi connectivity index (χ0v) is 23.1. The molecule has 0 unspecified atom stereocenters. The number of ether oxygens (including phenoxy) is 1. The molecule has 3 aromatic rings. The molecule has 0 heterocycles. The first kappa shape index (κ1) is 28.4. The highest BCUT2D eigenvalue weighted by atomic mass is 127. The van der Waals surface area contributed by atoms with Gasteiger partial charge in [0.25, 0.3) is 0 Å². The van der Waals surface area contributed by atoms with Gasteiger partial charge in [-0.05, 0) is 98.8 Å². The SMILES string of the molecule is N#Cc1ccc(COc2c(I)cc(C=NNC(=O)CC(=O)Nc3cccc(C(F)(F)F)c3)cc2I)cc1. The van der Waals surface area contributed by atoms with E-state index in [1.807, 2.05) is 12.1 Å². The van der Waals surface area contributed by atoms with Crippen LogP contribution in [0.25, 0.3) is 0 Å². The Kier molecular flexibility index (Phi) is 9.86. The van der Waals surface area contributed by atoms with Crippen LogP contribution in [0.3, 0.4) is 0 Å². The lowest BCUT2D eigenvalue weighted by atomic mass is 10.1. The monoisotopic (exact) mass is 732 g/mol. The fraction of sp³-hybridized carbons (Fsp3) is 0.120. The predicted molar refractivity (Wildman–Crippen MR) is 148 cm³/mol. The summed E-state index contributed by atoms with van der Waals surface area (Å²) >= 11 is 4.24. The third kappa shape index (κ3) is 8.71. The van der Waals surface area contributed by atoms with E-state index in [0.717, 1.165) is 30.9 Å². The van der Waals surface area contributed by atoms with Gasteiger partial charge >= 0.3 is 6.18 Å². The number of nitrogens with zero attached hydrogens (tertiary/aromatic N) is 2. The van der Waals surface area contributed by atoms with Gasteiger partial charge in [-0.15, -0.1) is 0 Å². The van der Waals surface area contributed by atoms with Crippen molar-refractivity contribution >= 4 is 68.9 Å². The standard InChI is InChI=1S/C25H17F3I2N4O3/c26-25(27,28)18-2-1-3-19(10-18)33-22(35)11-23(36)34-32-13-17-8-20(29)24(21(30)9-17)37-14-16-6-4-15(12-31)5-7-16/h1-10,13H,11,14H2,(H,33,35)(H,34,36). The second kappa shape index (κ2) is 12.9. The van der Waals surface area contributed by atoms with Crippen LogP contribution in [0.1, 0.15) is 28.7 Å². The van der Waals surface area contributed by atoms with Gasteiger partial charge in [0.2, 0.25) is 11.8 Å². The van der Waals surface area contributed by atoms with Crippen molar-refractivity contribution in [2.24, 2.45) is 5.10 Å².